The van der Waals surface area contributed by atoms with Gasteiger partial charge in [-0.15, -0.1) is 23.4 Å². The number of aliphatic hydroxyl groups is 1. The van der Waals surface area contributed by atoms with E-state index in [0.717, 1.165) is 31.5 Å². The lowest BCUT2D eigenvalue weighted by Gasteiger charge is -2.37. The van der Waals surface area contributed by atoms with Gasteiger partial charge in [0.1, 0.15) is 30.0 Å². The molecule has 2 aliphatic heterocycles. The van der Waals surface area contributed by atoms with Crippen LogP contribution in [0.1, 0.15) is 74.9 Å². The number of rotatable bonds is 11. The van der Waals surface area contributed by atoms with E-state index in [9.17, 15) is 19.1 Å². The summed E-state index contributed by atoms with van der Waals surface area (Å²) in [6.45, 7) is 9.21. The number of carbonyl (C=O) groups excluding carboxylic acids is 2. The molecule has 2 heterocycles. The number of benzene rings is 2. The lowest BCUT2D eigenvalue weighted by Crippen LogP contribution is -2.48. The molecule has 9 nitrogen and oxygen atoms in total. The number of nitriles is 1. The Bertz CT molecular complexity index is 1660. The highest BCUT2D eigenvalue weighted by atomic mass is 35.5. The second-order valence-electron chi connectivity index (χ2n) is 13.9. The number of amides is 1. The predicted octanol–water partition coefficient (Wildman–Crippen LogP) is 6.06. The Morgan fingerprint density at radius 2 is 2.00 bits per heavy atom. The normalized spacial score (nSPS) is 22.3. The number of nitrogens with two attached hydrogens (primary N) is 1. The molecule has 12 heteroatoms. The van der Waals surface area contributed by atoms with Gasteiger partial charge in [0.2, 0.25) is 0 Å². The van der Waals surface area contributed by atoms with Crippen molar-refractivity contribution in [2.75, 3.05) is 24.6 Å². The monoisotopic (exact) mass is 710 g/mol. The number of allylic oxidation sites excluding steroid dienone is 1. The first-order valence-electron chi connectivity index (χ1n) is 16.6. The minimum absolute atomic E-state index is 0.00835. The summed E-state index contributed by atoms with van der Waals surface area (Å²) in [6.07, 6.45) is 6.76. The zero-order chi connectivity index (χ0) is 35.5. The van der Waals surface area contributed by atoms with Crippen molar-refractivity contribution in [3.63, 3.8) is 0 Å². The molecule has 3 unspecified atom stereocenters. The van der Waals surface area contributed by atoms with Crippen LogP contribution >= 0.6 is 23.4 Å². The third kappa shape index (κ3) is 8.97. The van der Waals surface area contributed by atoms with E-state index in [-0.39, 0.29) is 43.0 Å². The summed E-state index contributed by atoms with van der Waals surface area (Å²) in [6, 6.07) is 11.1. The van der Waals surface area contributed by atoms with Crippen molar-refractivity contribution in [3.05, 3.63) is 82.7 Å². The van der Waals surface area contributed by atoms with Gasteiger partial charge in [-0.3, -0.25) is 9.59 Å². The van der Waals surface area contributed by atoms with E-state index in [2.05, 4.69) is 6.08 Å². The molecule has 0 aromatic heterocycles. The Morgan fingerprint density at radius 1 is 1.27 bits per heavy atom. The lowest BCUT2D eigenvalue weighted by molar-refractivity contribution is -0.155. The molecule has 1 saturated heterocycles. The number of nitrogens with zero attached hydrogens (tertiary/aromatic N) is 3. The maximum Gasteiger partial charge on any atom is 0.306 e. The third-order valence-electron chi connectivity index (χ3n) is 8.91. The molecule has 0 radical (unpaired) electrons. The first-order valence-corrected chi connectivity index (χ1v) is 17.9. The topological polar surface area (TPSA) is 129 Å². The van der Waals surface area contributed by atoms with Gasteiger partial charge in [0.15, 0.2) is 0 Å². The highest BCUT2D eigenvalue weighted by molar-refractivity contribution is 8.00. The van der Waals surface area contributed by atoms with Crippen molar-refractivity contribution >= 4 is 40.9 Å². The number of anilines is 1. The van der Waals surface area contributed by atoms with E-state index in [0.29, 0.717) is 33.4 Å². The van der Waals surface area contributed by atoms with Crippen LogP contribution < -0.4 is 15.4 Å². The predicted molar refractivity (Wildman–Crippen MR) is 190 cm³/mol. The quantitative estimate of drug-likeness (QED) is 0.162. The molecule has 3 N–H and O–H groups in total. The maximum absolute atomic E-state index is 14.6. The lowest BCUT2D eigenvalue weighted by atomic mass is 9.97. The van der Waals surface area contributed by atoms with Crippen LogP contribution in [0, 0.1) is 17.1 Å². The average Bonchev–Trinajstić information content (AvgIpc) is 3.36. The molecule has 49 heavy (non-hydrogen) atoms. The Balaban J connectivity index is 1.16. The molecule has 1 amide bonds. The molecule has 262 valence electrons. The second kappa shape index (κ2) is 15.1. The Labute approximate surface area is 296 Å². The number of esters is 1. The number of thioether (sulfide) groups is 1. The molecule has 0 saturated carbocycles. The van der Waals surface area contributed by atoms with Crippen molar-refractivity contribution in [2.45, 2.75) is 93.2 Å². The molecular formula is C37H44ClFN4O5S. The maximum atomic E-state index is 14.6. The molecule has 1 aliphatic carbocycles. The Hall–Kier alpha value is -3.56. The second-order valence-corrected chi connectivity index (χ2v) is 16.2. The standard InChI is InChI=1S/C37H44ClFN4O5S/c1-36(2,3)48-33(44)13-11-30(34(41)45)43-21-27-26(35(43)46)6-5-7-31(27)47-22-24-9-12-32(37(4,38)19-24)49-25-14-16-42(17-15-25)29-10-8-23(20-40)18-28(29)39/h5-10,12,18-19,25,30,32,34,45H,11,13-17,21-22,41H2,1-4H3/t30-,32?,34?,37?/m0/s1. The van der Waals surface area contributed by atoms with Crippen molar-refractivity contribution < 1.29 is 28.6 Å². The average molecular weight is 711 g/mol. The van der Waals surface area contributed by atoms with Crippen LogP contribution in [0.2, 0.25) is 0 Å². The molecular weight excluding hydrogens is 667 g/mol. The molecule has 5 rings (SSSR count). The van der Waals surface area contributed by atoms with Crippen LogP contribution in [-0.4, -0.2) is 74.8 Å². The van der Waals surface area contributed by atoms with Gasteiger partial charge in [0.05, 0.1) is 34.8 Å². The van der Waals surface area contributed by atoms with E-state index in [4.69, 9.17) is 32.1 Å². The molecule has 0 bridgehead atoms. The number of hydrogen-bond donors (Lipinski definition) is 2. The van der Waals surface area contributed by atoms with Gasteiger partial charge in [-0.2, -0.15) is 5.26 Å². The number of aliphatic hydroxyl groups excluding tert-OH is 1. The summed E-state index contributed by atoms with van der Waals surface area (Å²) < 4.78 is 26.2. The fraction of sp³-hybridized carbons (Fsp3) is 0.486. The fourth-order valence-corrected chi connectivity index (χ4v) is 8.26. The van der Waals surface area contributed by atoms with Crippen LogP contribution in [0.15, 0.2) is 60.2 Å². The third-order valence-corrected chi connectivity index (χ3v) is 11.2. The van der Waals surface area contributed by atoms with Crippen molar-refractivity contribution in [1.82, 2.24) is 4.90 Å². The summed E-state index contributed by atoms with van der Waals surface area (Å²) in [5, 5.41) is 19.8. The number of hydrogen-bond acceptors (Lipinski definition) is 9. The van der Waals surface area contributed by atoms with Crippen LogP contribution in [-0.2, 0) is 16.1 Å². The van der Waals surface area contributed by atoms with Gasteiger partial charge >= 0.3 is 5.97 Å². The number of halogens is 2. The van der Waals surface area contributed by atoms with Crippen LogP contribution in [0.3, 0.4) is 0 Å². The van der Waals surface area contributed by atoms with Crippen LogP contribution in [0.5, 0.6) is 5.75 Å². The summed E-state index contributed by atoms with van der Waals surface area (Å²) in [4.78, 5) is 28.6. The summed E-state index contributed by atoms with van der Waals surface area (Å²) >= 11 is 8.91. The van der Waals surface area contributed by atoms with Gasteiger partial charge in [0.25, 0.3) is 5.91 Å². The highest BCUT2D eigenvalue weighted by Crippen LogP contribution is 2.41. The Kier molecular flexibility index (Phi) is 11.3. The van der Waals surface area contributed by atoms with Crippen molar-refractivity contribution in [2.24, 2.45) is 5.73 Å². The zero-order valence-corrected chi connectivity index (χ0v) is 29.9. The van der Waals surface area contributed by atoms with E-state index < -0.39 is 28.7 Å². The smallest absolute Gasteiger partial charge is 0.306 e. The first-order chi connectivity index (χ1) is 23.1. The van der Waals surface area contributed by atoms with Gasteiger partial charge in [-0.1, -0.05) is 24.3 Å². The molecule has 0 spiro atoms. The number of piperidine rings is 1. The van der Waals surface area contributed by atoms with E-state index in [1.807, 2.05) is 47.9 Å². The van der Waals surface area contributed by atoms with Crippen molar-refractivity contribution in [1.29, 1.82) is 5.26 Å². The summed E-state index contributed by atoms with van der Waals surface area (Å²) in [5.41, 5.74) is 8.17. The fourth-order valence-electron chi connectivity index (χ4n) is 6.49. The van der Waals surface area contributed by atoms with Crippen molar-refractivity contribution in [3.8, 4) is 11.8 Å². The largest absolute Gasteiger partial charge is 0.489 e. The van der Waals surface area contributed by atoms with E-state index >= 15 is 0 Å². The summed E-state index contributed by atoms with van der Waals surface area (Å²) in [7, 11) is 0. The number of fused-ring (bicyclic) bond motifs is 1. The first kappa shape index (κ1) is 36.7. The highest BCUT2D eigenvalue weighted by Gasteiger charge is 2.38. The zero-order valence-electron chi connectivity index (χ0n) is 28.3. The Morgan fingerprint density at radius 3 is 2.63 bits per heavy atom. The van der Waals surface area contributed by atoms with Gasteiger partial charge in [0, 0.05) is 41.1 Å². The summed E-state index contributed by atoms with van der Waals surface area (Å²) in [5.74, 6) is -0.518. The van der Waals surface area contributed by atoms with Crippen LogP contribution in [0.25, 0.3) is 0 Å². The molecule has 2 aromatic carbocycles. The van der Waals surface area contributed by atoms with Gasteiger partial charge in [-0.05, 0) is 82.9 Å². The van der Waals surface area contributed by atoms with Gasteiger partial charge < -0.3 is 30.1 Å². The molecule has 3 aliphatic rings. The molecule has 1 fully saturated rings. The number of alkyl halides is 1. The molecule has 2 aromatic rings. The molecule has 4 atom stereocenters. The van der Waals surface area contributed by atoms with E-state index in [1.54, 1.807) is 45.0 Å². The minimum Gasteiger partial charge on any atom is -0.489 e. The van der Waals surface area contributed by atoms with E-state index in [1.165, 1.54) is 11.0 Å². The number of ether oxygens (including phenoxy) is 2. The van der Waals surface area contributed by atoms with Gasteiger partial charge in [-0.25, -0.2) is 4.39 Å². The SMILES string of the molecule is CC(C)(C)OC(=O)CC[C@@H](C(N)O)N1Cc2c(OCC3=CC(C)(Cl)C(SC4CCN(c5ccc(C#N)cc5F)CC4)C=C3)cccc2C1=O. The minimum atomic E-state index is -1.34. The van der Waals surface area contributed by atoms with Crippen LogP contribution in [0.4, 0.5) is 10.1 Å². The number of carbonyl (C=O) groups is 2.